The molecule has 23 heteroatoms. The van der Waals surface area contributed by atoms with Gasteiger partial charge in [0, 0.05) is 13.5 Å². The topological polar surface area (TPSA) is 228 Å². The van der Waals surface area contributed by atoms with Crippen LogP contribution in [0.4, 0.5) is 16.0 Å². The Morgan fingerprint density at radius 2 is 1.77 bits per heavy atom. The van der Waals surface area contributed by atoms with Gasteiger partial charge in [-0.1, -0.05) is 24.5 Å². The monoisotopic (exact) mass is 692 g/mol. The van der Waals surface area contributed by atoms with Crippen LogP contribution in [0.2, 0.25) is 0 Å². The van der Waals surface area contributed by atoms with E-state index in [9.17, 15) is 9.13 Å². The summed E-state index contributed by atoms with van der Waals surface area (Å²) in [6.07, 6.45) is -5.01. The lowest BCUT2D eigenvalue weighted by atomic mass is 10.1. The van der Waals surface area contributed by atoms with Gasteiger partial charge in [0.25, 0.3) is 0 Å². The van der Waals surface area contributed by atoms with Crippen molar-refractivity contribution < 1.29 is 41.1 Å². The third kappa shape index (κ3) is 5.93. The molecule has 18 nitrogen and oxygen atoms in total. The average molecular weight is 693 g/mol. The van der Waals surface area contributed by atoms with Gasteiger partial charge in [-0.15, -0.1) is 0 Å². The molecule has 0 unspecified atom stereocenters. The summed E-state index contributed by atoms with van der Waals surface area (Å²) in [6.45, 7) is -5.81. The van der Waals surface area contributed by atoms with Gasteiger partial charge in [-0.2, -0.15) is 0 Å². The molecule has 0 aliphatic carbocycles. The zero-order chi connectivity index (χ0) is 31.4. The van der Waals surface area contributed by atoms with Crippen molar-refractivity contribution in [3.63, 3.8) is 0 Å². The minimum atomic E-state index is -4.25. The van der Waals surface area contributed by atoms with Gasteiger partial charge < -0.3 is 20.9 Å². The number of nitrogens with two attached hydrogens (primary N) is 2. The third-order valence-electron chi connectivity index (χ3n) is 7.10. The highest BCUT2D eigenvalue weighted by molar-refractivity contribution is 8.44. The highest BCUT2D eigenvalue weighted by Crippen LogP contribution is 2.60. The summed E-state index contributed by atoms with van der Waals surface area (Å²) >= 11 is 8.20. The Kier molecular flexibility index (Phi) is 8.64. The van der Waals surface area contributed by atoms with Gasteiger partial charge in [-0.25, -0.2) is 38.4 Å². The summed E-state index contributed by atoms with van der Waals surface area (Å²) in [5.74, 6) is 0.226. The lowest BCUT2D eigenvalue weighted by Gasteiger charge is -2.26. The first-order chi connectivity index (χ1) is 20.9. The minimum Gasteiger partial charge on any atom is -0.382 e. The Hall–Kier alpha value is -2.45. The molecule has 3 aromatic heterocycles. The van der Waals surface area contributed by atoms with Crippen LogP contribution in [0.3, 0.4) is 0 Å². The van der Waals surface area contributed by atoms with E-state index in [2.05, 4.69) is 61.1 Å². The van der Waals surface area contributed by atoms with Crippen molar-refractivity contribution in [2.24, 2.45) is 15.7 Å². The SMILES string of the molecule is C=Nc1c(/C(N)=N\C)ncn1[C@@H]1O[C@@H]2CO[P@@](=O)(S)O[C@@H]3C[C@@H](CO[P@@](=O)(S)O[C@H]2[C@H]1F)O[C@H]3n1cnc2c(N)ncnc21. The number of nitrogens with zero attached hydrogens (tertiary/aromatic N) is 8. The van der Waals surface area contributed by atoms with Crippen molar-refractivity contribution in [3.8, 4) is 0 Å². The van der Waals surface area contributed by atoms with Crippen molar-refractivity contribution >= 4 is 73.4 Å². The molecule has 6 rings (SSSR count). The quantitative estimate of drug-likeness (QED) is 0.133. The van der Waals surface area contributed by atoms with Crippen LogP contribution in [-0.2, 0) is 36.7 Å². The molecule has 0 spiro atoms. The normalized spacial score (nSPS) is 36.8. The van der Waals surface area contributed by atoms with Crippen molar-refractivity contribution in [1.82, 2.24) is 29.1 Å². The van der Waals surface area contributed by atoms with Gasteiger partial charge in [0.15, 0.2) is 35.9 Å². The lowest BCUT2D eigenvalue weighted by molar-refractivity contribution is -0.0563. The van der Waals surface area contributed by atoms with E-state index in [0.29, 0.717) is 11.2 Å². The van der Waals surface area contributed by atoms with Crippen LogP contribution in [-0.4, -0.2) is 92.5 Å². The molecule has 3 aliphatic heterocycles. The Labute approximate surface area is 259 Å². The first kappa shape index (κ1) is 31.5. The standard InChI is InChI=1S/C21H27FN10O8P2S2/c1-25-16(23)13-18(26-2)31(7-29-13)21-12(22)15-11(38-21)5-36-41(33,43)39-10-3-9(4-35-42(34,44)40-15)37-20(10)32-8-30-14-17(24)27-6-28-19(14)32/h6-12,15,20-21H,2-5H2,1H3,(H2,23,25)(H,33,43)(H,34,44)(H2,24,27,28)/t9-,10+,11+,12+,15+,20+,21+,41+,42+/m0/s1. The van der Waals surface area contributed by atoms with E-state index >= 15 is 4.39 Å². The molecule has 238 valence electrons. The number of hydrogen-bond acceptors (Lipinski definition) is 15. The van der Waals surface area contributed by atoms with E-state index in [1.807, 2.05) is 0 Å². The summed E-state index contributed by atoms with van der Waals surface area (Å²) in [4.78, 5) is 24.3. The minimum absolute atomic E-state index is 0.0258. The van der Waals surface area contributed by atoms with E-state index in [0.717, 1.165) is 0 Å². The molecule has 0 saturated carbocycles. The Balaban J connectivity index is 1.29. The second-order valence-electron chi connectivity index (χ2n) is 9.81. The molecule has 4 N–H and O–H groups in total. The zero-order valence-corrected chi connectivity index (χ0v) is 26.3. The Bertz CT molecular complexity index is 1710. The molecular formula is C21H27FN10O8P2S2. The van der Waals surface area contributed by atoms with Crippen LogP contribution >= 0.6 is 38.1 Å². The summed E-state index contributed by atoms with van der Waals surface area (Å²) in [5.41, 5.74) is 12.6. The number of aromatic nitrogens is 6. The predicted octanol–water partition coefficient (Wildman–Crippen LogP) is 2.39. The molecule has 3 aliphatic rings. The highest BCUT2D eigenvalue weighted by Gasteiger charge is 2.52. The Morgan fingerprint density at radius 1 is 1.05 bits per heavy atom. The molecule has 0 aromatic carbocycles. The summed E-state index contributed by atoms with van der Waals surface area (Å²) in [7, 11) is 1.45. The van der Waals surface area contributed by atoms with Crippen LogP contribution in [0.15, 0.2) is 29.0 Å². The molecule has 0 radical (unpaired) electrons. The van der Waals surface area contributed by atoms with Gasteiger partial charge >= 0.3 is 13.6 Å². The number of imidazole rings is 2. The Morgan fingerprint density at radius 3 is 2.52 bits per heavy atom. The maximum Gasteiger partial charge on any atom is 0.386 e. The van der Waals surface area contributed by atoms with Crippen LogP contribution in [0, 0.1) is 0 Å². The number of aliphatic imine (C=N–C) groups is 2. The lowest BCUT2D eigenvalue weighted by Crippen LogP contribution is -2.33. The van der Waals surface area contributed by atoms with Gasteiger partial charge in [-0.3, -0.25) is 32.2 Å². The molecule has 3 saturated heterocycles. The number of nitrogen functional groups attached to an aromatic ring is 1. The van der Waals surface area contributed by atoms with Crippen LogP contribution in [0.5, 0.6) is 0 Å². The second kappa shape index (κ2) is 12.1. The fourth-order valence-corrected chi connectivity index (χ4v) is 8.11. The third-order valence-corrected chi connectivity index (χ3v) is 10.4. The van der Waals surface area contributed by atoms with E-state index < -0.39 is 63.2 Å². The largest absolute Gasteiger partial charge is 0.386 e. The number of alkyl halides is 1. The molecule has 0 amide bonds. The second-order valence-corrected chi connectivity index (χ2v) is 15.6. The molecule has 6 heterocycles. The van der Waals surface area contributed by atoms with Crippen molar-refractivity contribution in [2.75, 3.05) is 26.0 Å². The van der Waals surface area contributed by atoms with Crippen molar-refractivity contribution in [3.05, 3.63) is 24.7 Å². The van der Waals surface area contributed by atoms with E-state index in [-0.39, 0.29) is 36.2 Å². The molecule has 3 aromatic rings. The zero-order valence-electron chi connectivity index (χ0n) is 22.8. The molecular weight excluding hydrogens is 665 g/mol. The maximum atomic E-state index is 16.0. The van der Waals surface area contributed by atoms with Crippen molar-refractivity contribution in [1.29, 1.82) is 0 Å². The number of thiol groups is 2. The molecule has 3 fully saturated rings. The van der Waals surface area contributed by atoms with E-state index in [1.54, 1.807) is 0 Å². The van der Waals surface area contributed by atoms with Crippen LogP contribution in [0.1, 0.15) is 24.6 Å². The summed E-state index contributed by atoms with van der Waals surface area (Å²) < 4.78 is 80.0. The smallest absolute Gasteiger partial charge is 0.382 e. The van der Waals surface area contributed by atoms with E-state index in [1.165, 1.54) is 35.2 Å². The number of hydrogen-bond donors (Lipinski definition) is 4. The van der Waals surface area contributed by atoms with E-state index in [4.69, 9.17) is 39.0 Å². The average Bonchev–Trinajstić information content (AvgIpc) is 3.75. The number of rotatable bonds is 4. The number of fused-ring (bicyclic) bond motifs is 4. The predicted molar refractivity (Wildman–Crippen MR) is 160 cm³/mol. The van der Waals surface area contributed by atoms with Gasteiger partial charge in [0.05, 0.1) is 32.0 Å². The van der Waals surface area contributed by atoms with Gasteiger partial charge in [0.2, 0.25) is 0 Å². The van der Waals surface area contributed by atoms with Crippen molar-refractivity contribution in [2.45, 2.75) is 49.5 Å². The van der Waals surface area contributed by atoms with Gasteiger partial charge in [-0.05, 0) is 6.72 Å². The number of halogens is 1. The fourth-order valence-electron chi connectivity index (χ4n) is 5.11. The van der Waals surface area contributed by atoms with Gasteiger partial charge in [0.1, 0.15) is 41.7 Å². The number of ether oxygens (including phenoxy) is 2. The highest BCUT2D eigenvalue weighted by atomic mass is 32.7. The first-order valence-electron chi connectivity index (χ1n) is 12.9. The first-order valence-corrected chi connectivity index (χ1v) is 18.3. The van der Waals surface area contributed by atoms with Crippen LogP contribution < -0.4 is 11.5 Å². The number of amidine groups is 1. The fraction of sp³-hybridized carbons (Fsp3) is 0.524. The molecule has 2 bridgehead atoms. The summed E-state index contributed by atoms with van der Waals surface area (Å²) in [6, 6.07) is 0. The molecule has 9 atom stereocenters. The summed E-state index contributed by atoms with van der Waals surface area (Å²) in [5, 5.41) is 0. The maximum absolute atomic E-state index is 16.0. The molecule has 44 heavy (non-hydrogen) atoms. The number of anilines is 1. The van der Waals surface area contributed by atoms with Crippen LogP contribution in [0.25, 0.3) is 11.2 Å².